The van der Waals surface area contributed by atoms with Crippen molar-refractivity contribution < 1.29 is 19.4 Å². The number of likely N-dealkylation sites (tertiary alicyclic amines) is 1. The van der Waals surface area contributed by atoms with Crippen LogP contribution in [0.2, 0.25) is 0 Å². The zero-order valence-corrected chi connectivity index (χ0v) is 22.6. The zero-order chi connectivity index (χ0) is 24.7. The van der Waals surface area contributed by atoms with Crippen LogP contribution in [0.4, 0.5) is 0 Å². The summed E-state index contributed by atoms with van der Waals surface area (Å²) in [6, 6.07) is 7.62. The van der Waals surface area contributed by atoms with E-state index in [0.29, 0.717) is 31.9 Å². The number of halogens is 1. The van der Waals surface area contributed by atoms with Gasteiger partial charge in [0.15, 0.2) is 0 Å². The number of unbranched alkanes of at least 4 members (excludes halogenated alkanes) is 1. The van der Waals surface area contributed by atoms with Crippen LogP contribution >= 0.6 is 12.4 Å². The standard InChI is InChI=1S/C28H43N3O4.ClH/c1-2-3-15-31-26(33)25(20-22-7-5-4-6-8-22)29-27(34)28(31)13-16-30(17-14-28)21-23-9-11-24(12-10-23)35-19-18-32;/h9-12,22,25,32H,2-8,13-21H2,1H3,(H,29,34);1H/t25-;/m0./s1. The highest BCUT2D eigenvalue weighted by Crippen LogP contribution is 2.36. The Kier molecular flexibility index (Phi) is 10.9. The Hall–Kier alpha value is -1.83. The van der Waals surface area contributed by atoms with Crippen molar-refractivity contribution in [2.75, 3.05) is 32.8 Å². The highest BCUT2D eigenvalue weighted by Gasteiger charge is 2.53. The van der Waals surface area contributed by atoms with Crippen LogP contribution in [0.25, 0.3) is 0 Å². The summed E-state index contributed by atoms with van der Waals surface area (Å²) in [7, 11) is 0. The van der Waals surface area contributed by atoms with E-state index < -0.39 is 5.54 Å². The molecule has 1 saturated carbocycles. The molecule has 0 unspecified atom stereocenters. The SMILES string of the molecule is CCCCN1C(=O)[C@H](CC2CCCCC2)NC(=O)C12CCN(Cc1ccc(OCCO)cc1)CC2.Cl. The fourth-order valence-electron chi connectivity index (χ4n) is 6.12. The average Bonchev–Trinajstić information content (AvgIpc) is 2.89. The number of benzene rings is 1. The Morgan fingerprint density at radius 1 is 1.08 bits per heavy atom. The maximum atomic E-state index is 13.7. The number of ether oxygens (including phenoxy) is 1. The summed E-state index contributed by atoms with van der Waals surface area (Å²) >= 11 is 0. The van der Waals surface area contributed by atoms with Gasteiger partial charge in [0.25, 0.3) is 0 Å². The van der Waals surface area contributed by atoms with E-state index in [1.54, 1.807) is 0 Å². The monoisotopic (exact) mass is 521 g/mol. The second-order valence-electron chi connectivity index (χ2n) is 10.6. The number of piperidine rings is 1. The Balaban J connectivity index is 0.00000361. The van der Waals surface area contributed by atoms with E-state index in [1.165, 1.54) is 37.7 Å². The molecule has 4 rings (SSSR count). The molecule has 3 fully saturated rings. The summed E-state index contributed by atoms with van der Waals surface area (Å²) in [5.74, 6) is 1.53. The molecular formula is C28H44ClN3O4. The van der Waals surface area contributed by atoms with Crippen molar-refractivity contribution in [3.8, 4) is 5.75 Å². The number of aliphatic hydroxyl groups is 1. The van der Waals surface area contributed by atoms with E-state index in [1.807, 2.05) is 17.0 Å². The van der Waals surface area contributed by atoms with Gasteiger partial charge in [0.2, 0.25) is 11.8 Å². The number of hydrogen-bond acceptors (Lipinski definition) is 5. The first-order valence-corrected chi connectivity index (χ1v) is 13.7. The van der Waals surface area contributed by atoms with E-state index in [9.17, 15) is 9.59 Å². The van der Waals surface area contributed by atoms with Crippen LogP contribution < -0.4 is 10.1 Å². The van der Waals surface area contributed by atoms with Crippen molar-refractivity contribution in [3.05, 3.63) is 29.8 Å². The van der Waals surface area contributed by atoms with E-state index in [4.69, 9.17) is 9.84 Å². The lowest BCUT2D eigenvalue weighted by atomic mass is 9.79. The minimum atomic E-state index is -0.701. The zero-order valence-electron chi connectivity index (χ0n) is 21.8. The number of nitrogens with zero attached hydrogens (tertiary/aromatic N) is 2. The summed E-state index contributed by atoms with van der Waals surface area (Å²) < 4.78 is 5.45. The molecule has 0 bridgehead atoms. The van der Waals surface area contributed by atoms with Crippen LogP contribution in [0, 0.1) is 5.92 Å². The molecule has 1 atom stereocenters. The summed E-state index contributed by atoms with van der Waals surface area (Å²) in [5.41, 5.74) is 0.491. The molecule has 2 heterocycles. The first-order valence-electron chi connectivity index (χ1n) is 13.7. The summed E-state index contributed by atoms with van der Waals surface area (Å²) in [5, 5.41) is 12.1. The van der Waals surface area contributed by atoms with Crippen LogP contribution in [0.15, 0.2) is 24.3 Å². The molecule has 202 valence electrons. The molecule has 0 radical (unpaired) electrons. The van der Waals surface area contributed by atoms with Crippen LogP contribution in [-0.4, -0.2) is 71.1 Å². The summed E-state index contributed by atoms with van der Waals surface area (Å²) in [6.07, 6.45) is 10.3. The number of aliphatic hydroxyl groups excluding tert-OH is 1. The molecular weight excluding hydrogens is 478 g/mol. The Morgan fingerprint density at radius 3 is 2.42 bits per heavy atom. The third-order valence-corrected chi connectivity index (χ3v) is 8.21. The maximum Gasteiger partial charge on any atom is 0.246 e. The van der Waals surface area contributed by atoms with Gasteiger partial charge in [-0.05, 0) is 49.3 Å². The third kappa shape index (κ3) is 6.73. The van der Waals surface area contributed by atoms with Gasteiger partial charge in [-0.2, -0.15) is 0 Å². The fraction of sp³-hybridized carbons (Fsp3) is 0.714. The average molecular weight is 522 g/mol. The highest BCUT2D eigenvalue weighted by atomic mass is 35.5. The van der Waals surface area contributed by atoms with Crippen molar-refractivity contribution >= 4 is 24.2 Å². The van der Waals surface area contributed by atoms with Gasteiger partial charge in [0.1, 0.15) is 23.9 Å². The van der Waals surface area contributed by atoms with Crippen LogP contribution in [0.1, 0.15) is 76.7 Å². The van der Waals surface area contributed by atoms with Gasteiger partial charge >= 0.3 is 0 Å². The molecule has 0 aromatic heterocycles. The summed E-state index contributed by atoms with van der Waals surface area (Å²) in [6.45, 7) is 5.51. The van der Waals surface area contributed by atoms with Crippen molar-refractivity contribution in [2.45, 2.75) is 89.3 Å². The van der Waals surface area contributed by atoms with Gasteiger partial charge in [-0.1, -0.05) is 57.6 Å². The lowest BCUT2D eigenvalue weighted by Crippen LogP contribution is -2.73. The predicted molar refractivity (Wildman–Crippen MR) is 143 cm³/mol. The van der Waals surface area contributed by atoms with Crippen molar-refractivity contribution in [2.24, 2.45) is 5.92 Å². The molecule has 2 N–H and O–H groups in total. The normalized spacial score (nSPS) is 22.8. The molecule has 1 spiro atoms. The summed E-state index contributed by atoms with van der Waals surface area (Å²) in [4.78, 5) is 31.6. The first-order chi connectivity index (χ1) is 17.1. The molecule has 1 aromatic carbocycles. The molecule has 8 heteroatoms. The predicted octanol–water partition coefficient (Wildman–Crippen LogP) is 3.91. The Bertz CT molecular complexity index is 836. The number of rotatable bonds is 10. The second kappa shape index (κ2) is 13.6. The van der Waals surface area contributed by atoms with Gasteiger partial charge in [-0.25, -0.2) is 0 Å². The Labute approximate surface area is 222 Å². The van der Waals surface area contributed by atoms with Crippen molar-refractivity contribution in [1.29, 1.82) is 0 Å². The minimum absolute atomic E-state index is 0. The quantitative estimate of drug-likeness (QED) is 0.488. The van der Waals surface area contributed by atoms with Crippen LogP contribution in [-0.2, 0) is 16.1 Å². The molecule has 36 heavy (non-hydrogen) atoms. The molecule has 2 aliphatic heterocycles. The number of carbonyl (C=O) groups excluding carboxylic acids is 2. The molecule has 7 nitrogen and oxygen atoms in total. The van der Waals surface area contributed by atoms with E-state index in [-0.39, 0.29) is 36.9 Å². The van der Waals surface area contributed by atoms with Gasteiger partial charge < -0.3 is 20.1 Å². The Morgan fingerprint density at radius 2 is 1.78 bits per heavy atom. The van der Waals surface area contributed by atoms with Crippen molar-refractivity contribution in [3.63, 3.8) is 0 Å². The molecule has 1 aliphatic carbocycles. The molecule has 1 aromatic rings. The van der Waals surface area contributed by atoms with Crippen molar-refractivity contribution in [1.82, 2.24) is 15.1 Å². The fourth-order valence-corrected chi connectivity index (χ4v) is 6.12. The largest absolute Gasteiger partial charge is 0.491 e. The second-order valence-corrected chi connectivity index (χ2v) is 10.6. The van der Waals surface area contributed by atoms with Gasteiger partial charge in [-0.15, -0.1) is 12.4 Å². The van der Waals surface area contributed by atoms with Gasteiger partial charge in [0, 0.05) is 26.2 Å². The van der Waals surface area contributed by atoms with Crippen LogP contribution in [0.5, 0.6) is 5.75 Å². The first kappa shape index (κ1) is 28.7. The molecule has 2 amide bonds. The number of hydrogen-bond donors (Lipinski definition) is 2. The van der Waals surface area contributed by atoms with E-state index >= 15 is 0 Å². The minimum Gasteiger partial charge on any atom is -0.491 e. The third-order valence-electron chi connectivity index (χ3n) is 8.21. The number of piperazine rings is 1. The maximum absolute atomic E-state index is 13.7. The number of carbonyl (C=O) groups is 2. The molecule has 2 saturated heterocycles. The highest BCUT2D eigenvalue weighted by molar-refractivity contribution is 6.00. The van der Waals surface area contributed by atoms with E-state index in [2.05, 4.69) is 29.3 Å². The number of nitrogens with one attached hydrogen (secondary N) is 1. The number of amides is 2. The smallest absolute Gasteiger partial charge is 0.246 e. The lowest BCUT2D eigenvalue weighted by Gasteiger charge is -2.52. The van der Waals surface area contributed by atoms with Gasteiger partial charge in [-0.3, -0.25) is 14.5 Å². The van der Waals surface area contributed by atoms with E-state index in [0.717, 1.165) is 44.6 Å². The van der Waals surface area contributed by atoms with Gasteiger partial charge in [0.05, 0.1) is 6.61 Å². The topological polar surface area (TPSA) is 82.1 Å². The lowest BCUT2D eigenvalue weighted by molar-refractivity contribution is -0.162. The molecule has 3 aliphatic rings. The van der Waals surface area contributed by atoms with Crippen LogP contribution in [0.3, 0.4) is 0 Å².